The molecule has 0 saturated carbocycles. The minimum Gasteiger partial charge on any atom is -0.465 e. The lowest BCUT2D eigenvalue weighted by Crippen LogP contribution is -2.78. The van der Waals surface area contributed by atoms with E-state index in [1.165, 1.54) is 0 Å². The summed E-state index contributed by atoms with van der Waals surface area (Å²) in [6, 6.07) is 15.9. The number of amidine groups is 2. The fourth-order valence-corrected chi connectivity index (χ4v) is 2.63. The van der Waals surface area contributed by atoms with Crippen molar-refractivity contribution >= 4 is 11.7 Å². The van der Waals surface area contributed by atoms with Crippen LogP contribution < -0.4 is 15.3 Å². The van der Waals surface area contributed by atoms with Crippen molar-refractivity contribution in [1.29, 1.82) is 0 Å². The van der Waals surface area contributed by atoms with Crippen LogP contribution in [0.3, 0.4) is 0 Å². The summed E-state index contributed by atoms with van der Waals surface area (Å²) in [5.41, 5.74) is 2.28. The zero-order valence-corrected chi connectivity index (χ0v) is 12.5. The highest BCUT2D eigenvalue weighted by Gasteiger charge is 2.31. The lowest BCUT2D eigenvalue weighted by Gasteiger charge is -1.92. The molecule has 1 aliphatic heterocycles. The van der Waals surface area contributed by atoms with Crippen LogP contribution in [0, 0.1) is 0 Å². The molecule has 1 aromatic carbocycles. The van der Waals surface area contributed by atoms with Gasteiger partial charge in [-0.15, -0.1) is 0 Å². The Morgan fingerprint density at radius 2 is 1.22 bits per heavy atom. The number of benzene rings is 1. The third-order valence-corrected chi connectivity index (χ3v) is 3.75. The normalized spacial score (nSPS) is 16.7. The van der Waals surface area contributed by atoms with Gasteiger partial charge in [0.25, 0.3) is 11.7 Å². The molecule has 4 rings (SSSR count). The minimum atomic E-state index is 0.634. The minimum absolute atomic E-state index is 0.634. The Kier molecular flexibility index (Phi) is 3.52. The topological polar surface area (TPSA) is 66.2 Å². The van der Waals surface area contributed by atoms with Crippen LogP contribution in [-0.4, -0.2) is 11.7 Å². The highest BCUT2D eigenvalue weighted by Crippen LogP contribution is 2.11. The number of rotatable bonds is 4. The SMILES string of the molecule is c1coc(C[NH+]=C2NC(=[NH+]Cc3ccco3)c3ccccc32)c1. The third-order valence-electron chi connectivity index (χ3n) is 3.75. The van der Waals surface area contributed by atoms with Crippen molar-refractivity contribution in [2.75, 3.05) is 0 Å². The molecule has 0 fully saturated rings. The molecule has 114 valence electrons. The van der Waals surface area contributed by atoms with Crippen molar-refractivity contribution in [2.45, 2.75) is 13.1 Å². The Hall–Kier alpha value is -3.08. The summed E-state index contributed by atoms with van der Waals surface area (Å²) in [6.07, 6.45) is 3.36. The fraction of sp³-hybridized carbons (Fsp3) is 0.111. The predicted molar refractivity (Wildman–Crippen MR) is 84.5 cm³/mol. The third kappa shape index (κ3) is 2.81. The van der Waals surface area contributed by atoms with Gasteiger partial charge < -0.3 is 8.83 Å². The Bertz CT molecular complexity index is 775. The van der Waals surface area contributed by atoms with Crippen molar-refractivity contribution < 1.29 is 18.8 Å². The molecule has 0 bridgehead atoms. The summed E-state index contributed by atoms with van der Waals surface area (Å²) in [7, 11) is 0. The largest absolute Gasteiger partial charge is 0.465 e. The van der Waals surface area contributed by atoms with Crippen molar-refractivity contribution in [3.63, 3.8) is 0 Å². The van der Waals surface area contributed by atoms with Crippen LogP contribution in [0.5, 0.6) is 0 Å². The molecule has 1 aliphatic rings. The summed E-state index contributed by atoms with van der Waals surface area (Å²) < 4.78 is 10.7. The van der Waals surface area contributed by atoms with Crippen molar-refractivity contribution in [1.82, 2.24) is 5.32 Å². The standard InChI is InChI=1S/C18H15N3O2/c1-2-8-16-15(7-1)17(19-11-13-5-3-9-22-13)21-18(16)20-12-14-6-4-10-23-14/h1-10H,11-12H2,(H,19,20,21)/p+2. The molecule has 0 unspecified atom stereocenters. The lowest BCUT2D eigenvalue weighted by molar-refractivity contribution is -0.484. The zero-order chi connectivity index (χ0) is 15.5. The van der Waals surface area contributed by atoms with E-state index in [1.807, 2.05) is 36.4 Å². The number of hydrogen-bond acceptors (Lipinski definition) is 2. The summed E-state index contributed by atoms with van der Waals surface area (Å²) >= 11 is 0. The first-order valence-corrected chi connectivity index (χ1v) is 7.53. The second-order valence-corrected chi connectivity index (χ2v) is 5.29. The summed E-state index contributed by atoms with van der Waals surface area (Å²) in [5, 5.41) is 3.41. The number of furan rings is 2. The molecule has 0 atom stereocenters. The highest BCUT2D eigenvalue weighted by atomic mass is 16.3. The van der Waals surface area contributed by atoms with E-state index in [0.717, 1.165) is 34.3 Å². The quantitative estimate of drug-likeness (QED) is 0.610. The molecule has 5 nitrogen and oxygen atoms in total. The van der Waals surface area contributed by atoms with E-state index < -0.39 is 0 Å². The molecule has 23 heavy (non-hydrogen) atoms. The van der Waals surface area contributed by atoms with Gasteiger partial charge in [0.15, 0.2) is 0 Å². The van der Waals surface area contributed by atoms with E-state index in [2.05, 4.69) is 27.4 Å². The Labute approximate surface area is 133 Å². The molecule has 2 aromatic heterocycles. The van der Waals surface area contributed by atoms with Gasteiger partial charge in [-0.3, -0.25) is 9.98 Å². The van der Waals surface area contributed by atoms with Crippen LogP contribution in [0.2, 0.25) is 0 Å². The maximum absolute atomic E-state index is 5.37. The second-order valence-electron chi connectivity index (χ2n) is 5.29. The van der Waals surface area contributed by atoms with Gasteiger partial charge in [-0.1, -0.05) is 12.1 Å². The molecule has 5 heteroatoms. The first kappa shape index (κ1) is 13.6. The number of nitrogens with one attached hydrogen (secondary N) is 3. The fourth-order valence-electron chi connectivity index (χ4n) is 2.63. The maximum Gasteiger partial charge on any atom is 0.284 e. The monoisotopic (exact) mass is 307 g/mol. The van der Waals surface area contributed by atoms with Gasteiger partial charge in [-0.25, -0.2) is 5.32 Å². The summed E-state index contributed by atoms with van der Waals surface area (Å²) in [6.45, 7) is 1.27. The average Bonchev–Trinajstić information content (AvgIpc) is 3.32. The molecule has 0 saturated heterocycles. The zero-order valence-electron chi connectivity index (χ0n) is 12.5. The molecule has 0 radical (unpaired) electrons. The van der Waals surface area contributed by atoms with E-state index in [-0.39, 0.29) is 0 Å². The van der Waals surface area contributed by atoms with E-state index in [4.69, 9.17) is 8.83 Å². The van der Waals surface area contributed by atoms with Gasteiger partial charge >= 0.3 is 0 Å². The lowest BCUT2D eigenvalue weighted by atomic mass is 10.1. The van der Waals surface area contributed by atoms with Gasteiger partial charge in [0.2, 0.25) is 0 Å². The van der Waals surface area contributed by atoms with Crippen molar-refractivity contribution in [2.24, 2.45) is 0 Å². The summed E-state index contributed by atoms with van der Waals surface area (Å²) in [5.74, 6) is 3.74. The molecule has 0 spiro atoms. The number of fused-ring (bicyclic) bond motifs is 1. The van der Waals surface area contributed by atoms with Crippen LogP contribution in [0.25, 0.3) is 0 Å². The van der Waals surface area contributed by atoms with E-state index in [1.54, 1.807) is 12.5 Å². The van der Waals surface area contributed by atoms with Crippen LogP contribution in [0.15, 0.2) is 69.9 Å². The van der Waals surface area contributed by atoms with Gasteiger partial charge in [-0.05, 0) is 36.4 Å². The molecule has 0 aliphatic carbocycles. The van der Waals surface area contributed by atoms with Crippen molar-refractivity contribution in [3.05, 3.63) is 83.7 Å². The van der Waals surface area contributed by atoms with Gasteiger partial charge in [0, 0.05) is 0 Å². The number of hydrogen-bond donors (Lipinski definition) is 3. The van der Waals surface area contributed by atoms with Crippen LogP contribution in [-0.2, 0) is 13.1 Å². The highest BCUT2D eigenvalue weighted by molar-refractivity contribution is 6.21. The molecule has 3 heterocycles. The van der Waals surface area contributed by atoms with E-state index in [9.17, 15) is 0 Å². The molecule has 3 N–H and O–H groups in total. The molecular weight excluding hydrogens is 290 g/mol. The maximum atomic E-state index is 5.37. The smallest absolute Gasteiger partial charge is 0.284 e. The molecular formula is C18H17N3O2+2. The van der Waals surface area contributed by atoms with E-state index in [0.29, 0.717) is 13.1 Å². The van der Waals surface area contributed by atoms with Crippen LogP contribution in [0.1, 0.15) is 22.6 Å². The van der Waals surface area contributed by atoms with Crippen LogP contribution in [0.4, 0.5) is 0 Å². The first-order chi connectivity index (χ1) is 11.4. The molecule has 3 aromatic rings. The van der Waals surface area contributed by atoms with Crippen LogP contribution >= 0.6 is 0 Å². The van der Waals surface area contributed by atoms with Gasteiger partial charge in [0.1, 0.15) is 24.6 Å². The average molecular weight is 307 g/mol. The summed E-state index contributed by atoms with van der Waals surface area (Å²) in [4.78, 5) is 6.78. The Morgan fingerprint density at radius 1 is 0.696 bits per heavy atom. The Balaban J connectivity index is 1.61. The predicted octanol–water partition coefficient (Wildman–Crippen LogP) is -0.469. The molecule has 0 amide bonds. The van der Waals surface area contributed by atoms with Gasteiger partial charge in [-0.2, -0.15) is 0 Å². The van der Waals surface area contributed by atoms with E-state index >= 15 is 0 Å². The van der Waals surface area contributed by atoms with Crippen molar-refractivity contribution in [3.8, 4) is 0 Å². The first-order valence-electron chi connectivity index (χ1n) is 7.53. The Morgan fingerprint density at radius 3 is 1.65 bits per heavy atom. The second kappa shape index (κ2) is 5.96. The van der Waals surface area contributed by atoms with Gasteiger partial charge in [0.05, 0.1) is 23.7 Å².